The molecule has 11 heteroatoms. The summed E-state index contributed by atoms with van der Waals surface area (Å²) in [5.74, 6) is 0.958. The van der Waals surface area contributed by atoms with Crippen molar-refractivity contribution in [3.8, 4) is 5.75 Å². The van der Waals surface area contributed by atoms with Crippen molar-refractivity contribution in [1.82, 2.24) is 14.3 Å². The fourth-order valence-electron chi connectivity index (χ4n) is 3.22. The standard InChI is InChI=1S/C18H19ClN4O4S2/c1-11-16(29(24,25)23-5-7-27-8-6-23)15-17(20-10-21-18(15)28-11)22-12-3-4-14(26-2)13(19)9-12/h3-4,9-10H,5-8H2,1-2H3,(H,20,21,22). The Hall–Kier alpha value is -1.98. The smallest absolute Gasteiger partial charge is 0.245 e. The molecule has 8 nitrogen and oxygen atoms in total. The van der Waals surface area contributed by atoms with Crippen molar-refractivity contribution in [2.45, 2.75) is 11.8 Å². The molecule has 0 aliphatic carbocycles. The van der Waals surface area contributed by atoms with Gasteiger partial charge in [-0.15, -0.1) is 11.3 Å². The predicted octanol–water partition coefficient (Wildman–Crippen LogP) is 3.43. The number of thiophene rings is 1. The highest BCUT2D eigenvalue weighted by Crippen LogP contribution is 2.39. The van der Waals surface area contributed by atoms with Crippen LogP contribution in [0.2, 0.25) is 5.02 Å². The van der Waals surface area contributed by atoms with Crippen LogP contribution in [0.1, 0.15) is 4.88 Å². The van der Waals surface area contributed by atoms with E-state index < -0.39 is 10.0 Å². The molecular weight excluding hydrogens is 436 g/mol. The number of morpholine rings is 1. The summed E-state index contributed by atoms with van der Waals surface area (Å²) in [6, 6.07) is 5.21. The molecule has 0 bridgehead atoms. The molecule has 1 fully saturated rings. The van der Waals surface area contributed by atoms with Crippen LogP contribution >= 0.6 is 22.9 Å². The van der Waals surface area contributed by atoms with E-state index in [1.807, 2.05) is 0 Å². The Labute approximate surface area is 177 Å². The first-order chi connectivity index (χ1) is 13.9. The average molecular weight is 455 g/mol. The molecule has 1 saturated heterocycles. The van der Waals surface area contributed by atoms with Gasteiger partial charge in [0.05, 0.1) is 30.7 Å². The van der Waals surface area contributed by atoms with E-state index >= 15 is 0 Å². The molecular formula is C18H19ClN4O4S2. The van der Waals surface area contributed by atoms with Gasteiger partial charge in [0.1, 0.15) is 27.6 Å². The van der Waals surface area contributed by atoms with Gasteiger partial charge < -0.3 is 14.8 Å². The molecule has 3 aromatic rings. The van der Waals surface area contributed by atoms with E-state index in [4.69, 9.17) is 21.1 Å². The fraction of sp³-hybridized carbons (Fsp3) is 0.333. The van der Waals surface area contributed by atoms with Gasteiger partial charge in [0.25, 0.3) is 0 Å². The lowest BCUT2D eigenvalue weighted by Gasteiger charge is -2.26. The number of methoxy groups -OCH3 is 1. The maximum absolute atomic E-state index is 13.4. The number of aryl methyl sites for hydroxylation is 1. The summed E-state index contributed by atoms with van der Waals surface area (Å²) in [7, 11) is -2.17. The van der Waals surface area contributed by atoms with E-state index in [1.165, 1.54) is 22.0 Å². The molecule has 1 aromatic carbocycles. The third-order valence-electron chi connectivity index (χ3n) is 4.59. The molecule has 0 unspecified atom stereocenters. The zero-order valence-corrected chi connectivity index (χ0v) is 18.2. The van der Waals surface area contributed by atoms with Crippen LogP contribution in [0.25, 0.3) is 10.2 Å². The monoisotopic (exact) mass is 454 g/mol. The molecule has 29 heavy (non-hydrogen) atoms. The van der Waals surface area contributed by atoms with Crippen molar-refractivity contribution in [2.75, 3.05) is 38.7 Å². The average Bonchev–Trinajstić information content (AvgIpc) is 3.06. The van der Waals surface area contributed by atoms with Crippen LogP contribution in [0, 0.1) is 6.92 Å². The number of hydrogen-bond acceptors (Lipinski definition) is 8. The van der Waals surface area contributed by atoms with Crippen LogP contribution in [0.15, 0.2) is 29.4 Å². The summed E-state index contributed by atoms with van der Waals surface area (Å²) in [6.07, 6.45) is 1.41. The van der Waals surface area contributed by atoms with E-state index in [1.54, 1.807) is 32.2 Å². The molecule has 1 aliphatic rings. The first-order valence-electron chi connectivity index (χ1n) is 8.84. The summed E-state index contributed by atoms with van der Waals surface area (Å²) < 4.78 is 38.7. The number of aromatic nitrogens is 2. The van der Waals surface area contributed by atoms with Gasteiger partial charge in [0.15, 0.2) is 0 Å². The fourth-order valence-corrected chi connectivity index (χ4v) is 6.57. The number of fused-ring (bicyclic) bond motifs is 1. The number of sulfonamides is 1. The number of nitrogens with zero attached hydrogens (tertiary/aromatic N) is 3. The van der Waals surface area contributed by atoms with Gasteiger partial charge in [-0.2, -0.15) is 4.31 Å². The van der Waals surface area contributed by atoms with Crippen molar-refractivity contribution in [3.05, 3.63) is 34.4 Å². The van der Waals surface area contributed by atoms with Crippen molar-refractivity contribution >= 4 is 54.7 Å². The number of benzene rings is 1. The molecule has 0 spiro atoms. The van der Waals surface area contributed by atoms with Crippen LogP contribution in [0.4, 0.5) is 11.5 Å². The predicted molar refractivity (Wildman–Crippen MR) is 113 cm³/mol. The van der Waals surface area contributed by atoms with Crippen LogP contribution in [-0.4, -0.2) is 56.1 Å². The number of nitrogens with one attached hydrogen (secondary N) is 1. The van der Waals surface area contributed by atoms with E-state index in [0.717, 1.165) is 0 Å². The highest BCUT2D eigenvalue weighted by atomic mass is 35.5. The molecule has 0 atom stereocenters. The molecule has 1 aliphatic heterocycles. The van der Waals surface area contributed by atoms with E-state index in [-0.39, 0.29) is 4.90 Å². The maximum atomic E-state index is 13.4. The van der Waals surface area contributed by atoms with Crippen LogP contribution in [0.3, 0.4) is 0 Å². The van der Waals surface area contributed by atoms with Gasteiger partial charge in [-0.1, -0.05) is 11.6 Å². The number of hydrogen-bond donors (Lipinski definition) is 1. The van der Waals surface area contributed by atoms with Gasteiger partial charge in [0.2, 0.25) is 10.0 Å². The molecule has 3 heterocycles. The van der Waals surface area contributed by atoms with Crippen molar-refractivity contribution in [3.63, 3.8) is 0 Å². The molecule has 0 amide bonds. The van der Waals surface area contributed by atoms with E-state index in [0.29, 0.717) is 63.7 Å². The number of ether oxygens (including phenoxy) is 2. The van der Waals surface area contributed by atoms with Crippen LogP contribution in [0.5, 0.6) is 5.75 Å². The second-order valence-electron chi connectivity index (χ2n) is 6.38. The Kier molecular flexibility index (Phi) is 5.63. The zero-order chi connectivity index (χ0) is 20.6. The molecule has 1 N–H and O–H groups in total. The minimum Gasteiger partial charge on any atom is -0.495 e. The first-order valence-corrected chi connectivity index (χ1v) is 11.5. The molecule has 2 aromatic heterocycles. The minimum absolute atomic E-state index is 0.238. The Morgan fingerprint density at radius 1 is 1.28 bits per heavy atom. The lowest BCUT2D eigenvalue weighted by atomic mass is 10.3. The van der Waals surface area contributed by atoms with Crippen molar-refractivity contribution in [1.29, 1.82) is 0 Å². The second-order valence-corrected chi connectivity index (χ2v) is 9.87. The summed E-state index contributed by atoms with van der Waals surface area (Å²) in [5.41, 5.74) is 0.661. The molecule has 4 rings (SSSR count). The lowest BCUT2D eigenvalue weighted by molar-refractivity contribution is 0.0730. The summed E-state index contributed by atoms with van der Waals surface area (Å²) in [4.78, 5) is 10.1. The Bertz CT molecular complexity index is 1160. The molecule has 0 radical (unpaired) electrons. The van der Waals surface area contributed by atoms with Gasteiger partial charge in [-0.05, 0) is 25.1 Å². The van der Waals surface area contributed by atoms with Gasteiger partial charge in [-0.3, -0.25) is 0 Å². The van der Waals surface area contributed by atoms with Crippen LogP contribution < -0.4 is 10.1 Å². The first kappa shape index (κ1) is 20.3. The molecule has 154 valence electrons. The summed E-state index contributed by atoms with van der Waals surface area (Å²) in [5, 5.41) is 4.09. The van der Waals surface area contributed by atoms with Crippen molar-refractivity contribution in [2.24, 2.45) is 0 Å². The normalized spacial score (nSPS) is 15.6. The maximum Gasteiger partial charge on any atom is 0.245 e. The summed E-state index contributed by atoms with van der Waals surface area (Å²) in [6.45, 7) is 3.19. The van der Waals surface area contributed by atoms with Gasteiger partial charge in [0, 0.05) is 23.7 Å². The number of halogens is 1. The minimum atomic E-state index is -3.71. The van der Waals surface area contributed by atoms with Gasteiger partial charge in [-0.25, -0.2) is 18.4 Å². The second kappa shape index (κ2) is 8.04. The lowest BCUT2D eigenvalue weighted by Crippen LogP contribution is -2.40. The highest BCUT2D eigenvalue weighted by Gasteiger charge is 2.32. The quantitative estimate of drug-likeness (QED) is 0.631. The molecule has 0 saturated carbocycles. The number of rotatable bonds is 5. The van der Waals surface area contributed by atoms with E-state index in [9.17, 15) is 8.42 Å². The summed E-state index contributed by atoms with van der Waals surface area (Å²) >= 11 is 7.54. The Balaban J connectivity index is 1.81. The third-order valence-corrected chi connectivity index (χ3v) is 8.10. The third kappa shape index (κ3) is 3.78. The highest BCUT2D eigenvalue weighted by molar-refractivity contribution is 7.89. The van der Waals surface area contributed by atoms with Gasteiger partial charge >= 0.3 is 0 Å². The SMILES string of the molecule is COc1ccc(Nc2ncnc3sc(C)c(S(=O)(=O)N4CCOCC4)c23)cc1Cl. The van der Waals surface area contributed by atoms with E-state index in [2.05, 4.69) is 15.3 Å². The Morgan fingerprint density at radius 2 is 2.03 bits per heavy atom. The van der Waals surface area contributed by atoms with Crippen molar-refractivity contribution < 1.29 is 17.9 Å². The number of anilines is 2. The Morgan fingerprint density at radius 3 is 2.72 bits per heavy atom. The topological polar surface area (TPSA) is 93.7 Å². The largest absolute Gasteiger partial charge is 0.495 e. The van der Waals surface area contributed by atoms with Crippen LogP contribution in [-0.2, 0) is 14.8 Å². The zero-order valence-electron chi connectivity index (χ0n) is 15.8.